The van der Waals surface area contributed by atoms with Crippen LogP contribution < -0.4 is 20.1 Å². The number of benzene rings is 3. The first-order valence-corrected chi connectivity index (χ1v) is 11.6. The molecule has 8 nitrogen and oxygen atoms in total. The number of aromatic amines is 1. The highest BCUT2D eigenvalue weighted by molar-refractivity contribution is 5.91. The molecule has 1 aromatic heterocycles. The van der Waals surface area contributed by atoms with E-state index in [0.717, 1.165) is 27.6 Å². The zero-order valence-corrected chi connectivity index (χ0v) is 20.2. The molecule has 0 spiro atoms. The lowest BCUT2D eigenvalue weighted by atomic mass is 10.0. The Morgan fingerprint density at radius 1 is 1.03 bits per heavy atom. The van der Waals surface area contributed by atoms with Gasteiger partial charge in [0.15, 0.2) is 18.1 Å². The first-order valence-electron chi connectivity index (χ1n) is 11.6. The molecule has 0 saturated carbocycles. The number of nitrogens with one attached hydrogen (secondary N) is 3. The number of carboxylic acids is 1. The van der Waals surface area contributed by atoms with Crippen LogP contribution in [-0.4, -0.2) is 41.7 Å². The number of H-pyrrole nitrogens is 1. The number of carbonyl (C=O) groups is 2. The molecule has 1 heterocycles. The van der Waals surface area contributed by atoms with Gasteiger partial charge in [0.05, 0.1) is 7.11 Å². The van der Waals surface area contributed by atoms with Crippen molar-refractivity contribution >= 4 is 28.5 Å². The largest absolute Gasteiger partial charge is 0.493 e. The van der Waals surface area contributed by atoms with E-state index in [1.54, 1.807) is 12.1 Å². The van der Waals surface area contributed by atoms with Crippen molar-refractivity contribution in [3.05, 3.63) is 89.6 Å². The molecule has 4 aromatic rings. The molecule has 0 fully saturated rings. The molecular formula is C28H29N3O5. The number of aliphatic carboxylic acids is 1. The number of aryl methyl sites for hydroxylation is 1. The van der Waals surface area contributed by atoms with Gasteiger partial charge in [-0.2, -0.15) is 0 Å². The first kappa shape index (κ1) is 24.8. The molecule has 3 aromatic carbocycles. The molecule has 186 valence electrons. The molecular weight excluding hydrogens is 458 g/mol. The fourth-order valence-corrected chi connectivity index (χ4v) is 3.93. The molecule has 0 unspecified atom stereocenters. The molecule has 36 heavy (non-hydrogen) atoms. The van der Waals surface area contributed by atoms with Crippen molar-refractivity contribution in [2.75, 3.05) is 19.0 Å². The third-order valence-corrected chi connectivity index (χ3v) is 5.87. The molecule has 1 atom stereocenters. The van der Waals surface area contributed by atoms with Gasteiger partial charge in [-0.1, -0.05) is 42.0 Å². The summed E-state index contributed by atoms with van der Waals surface area (Å²) in [5.41, 5.74) is 4.55. The average molecular weight is 488 g/mol. The highest BCUT2D eigenvalue weighted by atomic mass is 16.5. The number of para-hydroxylation sites is 1. The summed E-state index contributed by atoms with van der Waals surface area (Å²) in [4.78, 5) is 27.3. The summed E-state index contributed by atoms with van der Waals surface area (Å²) in [6.45, 7) is 2.13. The van der Waals surface area contributed by atoms with Gasteiger partial charge in [-0.05, 0) is 48.4 Å². The Balaban J connectivity index is 1.35. The van der Waals surface area contributed by atoms with Crippen LogP contribution >= 0.6 is 0 Å². The normalized spacial score (nSPS) is 11.7. The van der Waals surface area contributed by atoms with E-state index in [2.05, 4.69) is 15.6 Å². The van der Waals surface area contributed by atoms with Crippen LogP contribution in [0.25, 0.3) is 10.9 Å². The standard InChI is InChI=1S/C28H29N3O5/c1-18-7-10-21(11-8-18)31-27(32)17-36-25-12-9-19(13-26(25)35-2)15-29-24(28(33)34)14-20-16-30-23-6-4-3-5-22(20)23/h3-13,16,24,29-30H,14-15,17H2,1-2H3,(H,31,32)(H,33,34)/t24-/m1/s1. The molecule has 0 saturated heterocycles. The SMILES string of the molecule is COc1cc(CN[C@H](Cc2c[nH]c3ccccc23)C(=O)O)ccc1OCC(=O)Nc1ccc(C)cc1. The van der Waals surface area contributed by atoms with E-state index in [0.29, 0.717) is 30.2 Å². The number of carbonyl (C=O) groups excluding carboxylic acids is 1. The lowest BCUT2D eigenvalue weighted by Gasteiger charge is -2.16. The molecule has 8 heteroatoms. The molecule has 0 aliphatic rings. The van der Waals surface area contributed by atoms with Crippen molar-refractivity contribution in [2.24, 2.45) is 0 Å². The number of hydrogen-bond donors (Lipinski definition) is 4. The maximum absolute atomic E-state index is 12.2. The van der Waals surface area contributed by atoms with Crippen LogP contribution in [0.3, 0.4) is 0 Å². The predicted octanol–water partition coefficient (Wildman–Crippen LogP) is 4.29. The Kier molecular flexibility index (Phi) is 7.87. The smallest absolute Gasteiger partial charge is 0.321 e. The van der Waals surface area contributed by atoms with E-state index in [1.165, 1.54) is 7.11 Å². The highest BCUT2D eigenvalue weighted by Crippen LogP contribution is 2.28. The minimum absolute atomic E-state index is 0.173. The summed E-state index contributed by atoms with van der Waals surface area (Å²) < 4.78 is 11.1. The number of aromatic nitrogens is 1. The van der Waals surface area contributed by atoms with Gasteiger partial charge in [-0.15, -0.1) is 0 Å². The molecule has 4 N–H and O–H groups in total. The quantitative estimate of drug-likeness (QED) is 0.251. The number of carboxylic acid groups (broad SMARTS) is 1. The van der Waals surface area contributed by atoms with Crippen LogP contribution in [0.1, 0.15) is 16.7 Å². The third-order valence-electron chi connectivity index (χ3n) is 5.87. The van der Waals surface area contributed by atoms with E-state index >= 15 is 0 Å². The van der Waals surface area contributed by atoms with Crippen molar-refractivity contribution in [3.8, 4) is 11.5 Å². The van der Waals surface area contributed by atoms with Gasteiger partial charge in [0.1, 0.15) is 6.04 Å². The maximum Gasteiger partial charge on any atom is 0.321 e. The Morgan fingerprint density at radius 3 is 2.56 bits per heavy atom. The van der Waals surface area contributed by atoms with Crippen molar-refractivity contribution in [1.82, 2.24) is 10.3 Å². The van der Waals surface area contributed by atoms with E-state index in [-0.39, 0.29) is 12.5 Å². The van der Waals surface area contributed by atoms with Gasteiger partial charge in [-0.25, -0.2) is 0 Å². The highest BCUT2D eigenvalue weighted by Gasteiger charge is 2.19. The van der Waals surface area contributed by atoms with E-state index in [4.69, 9.17) is 9.47 Å². The summed E-state index contributed by atoms with van der Waals surface area (Å²) in [6.07, 6.45) is 2.19. The van der Waals surface area contributed by atoms with Gasteiger partial charge < -0.3 is 30.2 Å². The van der Waals surface area contributed by atoms with Gasteiger partial charge >= 0.3 is 5.97 Å². The predicted molar refractivity (Wildman–Crippen MR) is 139 cm³/mol. The lowest BCUT2D eigenvalue weighted by Crippen LogP contribution is -2.38. The number of fused-ring (bicyclic) bond motifs is 1. The summed E-state index contributed by atoms with van der Waals surface area (Å²) >= 11 is 0. The molecule has 1 amide bonds. The van der Waals surface area contributed by atoms with Gasteiger partial charge in [0.2, 0.25) is 0 Å². The molecule has 0 bridgehead atoms. The zero-order valence-electron chi connectivity index (χ0n) is 20.2. The number of ether oxygens (including phenoxy) is 2. The van der Waals surface area contributed by atoms with Crippen molar-refractivity contribution in [1.29, 1.82) is 0 Å². The second-order valence-corrected chi connectivity index (χ2v) is 8.52. The van der Waals surface area contributed by atoms with E-state index in [1.807, 2.05) is 67.7 Å². The van der Waals surface area contributed by atoms with Crippen LogP contribution in [0.15, 0.2) is 72.9 Å². The Bertz CT molecular complexity index is 1350. The van der Waals surface area contributed by atoms with Crippen molar-refractivity contribution < 1.29 is 24.2 Å². The molecule has 0 radical (unpaired) electrons. The van der Waals surface area contributed by atoms with Crippen LogP contribution in [0.2, 0.25) is 0 Å². The minimum atomic E-state index is -0.924. The van der Waals surface area contributed by atoms with Crippen LogP contribution in [0.5, 0.6) is 11.5 Å². The minimum Gasteiger partial charge on any atom is -0.493 e. The second kappa shape index (κ2) is 11.4. The fourth-order valence-electron chi connectivity index (χ4n) is 3.93. The number of methoxy groups -OCH3 is 1. The average Bonchev–Trinajstić information content (AvgIpc) is 3.29. The number of hydrogen-bond acceptors (Lipinski definition) is 5. The van der Waals surface area contributed by atoms with Crippen molar-refractivity contribution in [3.63, 3.8) is 0 Å². The Hall–Kier alpha value is -4.30. The summed E-state index contributed by atoms with van der Waals surface area (Å²) in [5, 5.41) is 16.7. The monoisotopic (exact) mass is 487 g/mol. The number of rotatable bonds is 11. The lowest BCUT2D eigenvalue weighted by molar-refractivity contribution is -0.139. The van der Waals surface area contributed by atoms with E-state index in [9.17, 15) is 14.7 Å². The topological polar surface area (TPSA) is 113 Å². The Morgan fingerprint density at radius 2 is 1.81 bits per heavy atom. The fraction of sp³-hybridized carbons (Fsp3) is 0.214. The van der Waals surface area contributed by atoms with Crippen LogP contribution in [-0.2, 0) is 22.6 Å². The molecule has 0 aliphatic heterocycles. The molecule has 4 rings (SSSR count). The second-order valence-electron chi connectivity index (χ2n) is 8.52. The van der Waals surface area contributed by atoms with Gasteiger partial charge in [0, 0.05) is 35.8 Å². The number of anilines is 1. The van der Waals surface area contributed by atoms with Gasteiger partial charge in [-0.3, -0.25) is 9.59 Å². The summed E-state index contributed by atoms with van der Waals surface area (Å²) in [5.74, 6) is -0.324. The molecule has 0 aliphatic carbocycles. The summed E-state index contributed by atoms with van der Waals surface area (Å²) in [6, 6.07) is 19.8. The Labute approximate surface area is 209 Å². The van der Waals surface area contributed by atoms with Gasteiger partial charge in [0.25, 0.3) is 5.91 Å². The third kappa shape index (κ3) is 6.22. The van der Waals surface area contributed by atoms with Crippen molar-refractivity contribution in [2.45, 2.75) is 25.9 Å². The summed E-state index contributed by atoms with van der Waals surface area (Å²) in [7, 11) is 1.52. The van der Waals surface area contributed by atoms with Crippen LogP contribution in [0, 0.1) is 6.92 Å². The number of amides is 1. The maximum atomic E-state index is 12.2. The zero-order chi connectivity index (χ0) is 25.5. The first-order chi connectivity index (χ1) is 17.4. The van der Waals surface area contributed by atoms with Crippen LogP contribution in [0.4, 0.5) is 5.69 Å². The van der Waals surface area contributed by atoms with E-state index < -0.39 is 12.0 Å².